The Hall–Kier alpha value is -3.88. The third-order valence-electron chi connectivity index (χ3n) is 6.37. The number of alkyl halides is 3. The number of ether oxygens (including phenoxy) is 1. The summed E-state index contributed by atoms with van der Waals surface area (Å²) in [6.45, 7) is 2.48. The normalized spacial score (nSPS) is 15.2. The molecule has 1 saturated carbocycles. The number of halogens is 3. The maximum atomic E-state index is 13.1. The summed E-state index contributed by atoms with van der Waals surface area (Å²) in [4.78, 5) is 21.9. The monoisotopic (exact) mass is 479 g/mol. The molecule has 3 heterocycles. The van der Waals surface area contributed by atoms with E-state index in [0.717, 1.165) is 54.0 Å². The van der Waals surface area contributed by atoms with Gasteiger partial charge in [-0.05, 0) is 55.2 Å². The van der Waals surface area contributed by atoms with Crippen molar-refractivity contribution in [2.45, 2.75) is 38.3 Å². The van der Waals surface area contributed by atoms with Crippen molar-refractivity contribution >= 4 is 0 Å². The lowest BCUT2D eigenvalue weighted by Gasteiger charge is -2.09. The number of aromatic nitrogens is 3. The molecule has 0 atom stereocenters. The molecule has 35 heavy (non-hydrogen) atoms. The Morgan fingerprint density at radius 1 is 1.03 bits per heavy atom. The minimum absolute atomic E-state index is 0.170. The summed E-state index contributed by atoms with van der Waals surface area (Å²) in [6.07, 6.45) is 0.0289. The number of hydrogen-bond donors (Lipinski definition) is 0. The van der Waals surface area contributed by atoms with Gasteiger partial charge in [0.15, 0.2) is 11.6 Å². The topological polar surface area (TPSA) is 70.2 Å². The van der Waals surface area contributed by atoms with Gasteiger partial charge in [-0.1, -0.05) is 18.2 Å². The molecule has 0 N–H and O–H groups in total. The highest BCUT2D eigenvalue weighted by molar-refractivity contribution is 5.70. The summed E-state index contributed by atoms with van der Waals surface area (Å²) in [6, 6.07) is 10.2. The summed E-state index contributed by atoms with van der Waals surface area (Å²) >= 11 is 0. The van der Waals surface area contributed by atoms with E-state index in [9.17, 15) is 18.0 Å². The summed E-state index contributed by atoms with van der Waals surface area (Å²) in [5.74, 6) is 1.61. The van der Waals surface area contributed by atoms with Gasteiger partial charge in [0.2, 0.25) is 5.89 Å². The maximum Gasteiger partial charge on any atom is 0.416 e. The largest absolute Gasteiger partial charge is 0.493 e. The van der Waals surface area contributed by atoms with Crippen molar-refractivity contribution in [1.29, 1.82) is 0 Å². The summed E-state index contributed by atoms with van der Waals surface area (Å²) in [7, 11) is 0. The molecule has 2 aromatic heterocycles. The van der Waals surface area contributed by atoms with E-state index in [1.807, 2.05) is 25.1 Å². The Kier molecular flexibility index (Phi) is 4.84. The quantitative estimate of drug-likeness (QED) is 0.376. The van der Waals surface area contributed by atoms with Crippen LogP contribution >= 0.6 is 0 Å². The van der Waals surface area contributed by atoms with Crippen molar-refractivity contribution in [3.63, 3.8) is 0 Å². The van der Waals surface area contributed by atoms with Crippen LogP contribution in [0.4, 0.5) is 13.2 Å². The standard InChI is InChI=1S/C26H20F3N3O3/c1-14-13-32(25(33)30-21(14)16-3-4-16)23-22(17-6-8-19(9-7-17)26(27,28)29)35-24(31-23)18-5-2-15-10-11-34-20(15)12-18/h2,5-9,12-13,16H,3-4,10-11H2,1H3. The molecular weight excluding hydrogens is 459 g/mol. The first-order chi connectivity index (χ1) is 16.8. The molecule has 0 unspecified atom stereocenters. The van der Waals surface area contributed by atoms with E-state index < -0.39 is 17.4 Å². The van der Waals surface area contributed by atoms with Crippen molar-refractivity contribution in [2.75, 3.05) is 6.61 Å². The number of nitrogens with zero attached hydrogens (tertiary/aromatic N) is 3. The molecule has 0 spiro atoms. The minimum Gasteiger partial charge on any atom is -0.493 e. The molecule has 6 rings (SSSR count). The third-order valence-corrected chi connectivity index (χ3v) is 6.37. The molecular formula is C26H20F3N3O3. The first-order valence-electron chi connectivity index (χ1n) is 11.3. The molecule has 6 nitrogen and oxygen atoms in total. The van der Waals surface area contributed by atoms with Gasteiger partial charge in [0.1, 0.15) is 5.75 Å². The second-order valence-electron chi connectivity index (χ2n) is 8.90. The molecule has 4 aromatic rings. The lowest BCUT2D eigenvalue weighted by molar-refractivity contribution is -0.137. The van der Waals surface area contributed by atoms with Crippen LogP contribution in [0.25, 0.3) is 28.6 Å². The fraction of sp³-hybridized carbons (Fsp3) is 0.269. The van der Waals surface area contributed by atoms with Crippen LogP contribution in [-0.2, 0) is 12.6 Å². The van der Waals surface area contributed by atoms with E-state index in [4.69, 9.17) is 9.15 Å². The van der Waals surface area contributed by atoms with Crippen LogP contribution in [0.5, 0.6) is 5.75 Å². The number of rotatable bonds is 4. The van der Waals surface area contributed by atoms with E-state index in [1.165, 1.54) is 16.7 Å². The molecule has 2 aromatic carbocycles. The molecule has 0 amide bonds. The fourth-order valence-electron chi connectivity index (χ4n) is 4.38. The van der Waals surface area contributed by atoms with Crippen molar-refractivity contribution in [1.82, 2.24) is 14.5 Å². The Morgan fingerprint density at radius 2 is 1.77 bits per heavy atom. The zero-order valence-corrected chi connectivity index (χ0v) is 18.7. The number of hydrogen-bond acceptors (Lipinski definition) is 5. The van der Waals surface area contributed by atoms with Crippen LogP contribution in [0.3, 0.4) is 0 Å². The van der Waals surface area contributed by atoms with E-state index in [2.05, 4.69) is 9.97 Å². The number of aryl methyl sites for hydroxylation is 1. The predicted octanol–water partition coefficient (Wildman–Crippen LogP) is 5.69. The van der Waals surface area contributed by atoms with Gasteiger partial charge in [-0.15, -0.1) is 0 Å². The zero-order chi connectivity index (χ0) is 24.3. The molecule has 1 aliphatic carbocycles. The smallest absolute Gasteiger partial charge is 0.416 e. The Labute approximate surface area is 198 Å². The fourth-order valence-corrected chi connectivity index (χ4v) is 4.38. The summed E-state index contributed by atoms with van der Waals surface area (Å²) in [5.41, 5.74) is 2.42. The Morgan fingerprint density at radius 3 is 2.49 bits per heavy atom. The Bertz CT molecular complexity index is 1500. The highest BCUT2D eigenvalue weighted by Crippen LogP contribution is 2.40. The van der Waals surface area contributed by atoms with E-state index in [0.29, 0.717) is 23.7 Å². The predicted molar refractivity (Wildman–Crippen MR) is 122 cm³/mol. The van der Waals surface area contributed by atoms with Gasteiger partial charge in [0.05, 0.1) is 17.9 Å². The van der Waals surface area contributed by atoms with E-state index in [-0.39, 0.29) is 17.5 Å². The second-order valence-corrected chi connectivity index (χ2v) is 8.90. The molecule has 1 aliphatic heterocycles. The molecule has 0 saturated heterocycles. The van der Waals surface area contributed by atoms with Gasteiger partial charge in [0, 0.05) is 29.7 Å². The van der Waals surface area contributed by atoms with Crippen molar-refractivity contribution in [3.05, 3.63) is 81.5 Å². The average Bonchev–Trinajstić information content (AvgIpc) is 3.40. The van der Waals surface area contributed by atoms with Gasteiger partial charge in [0.25, 0.3) is 0 Å². The summed E-state index contributed by atoms with van der Waals surface area (Å²) in [5, 5.41) is 0. The van der Waals surface area contributed by atoms with Crippen LogP contribution < -0.4 is 10.4 Å². The highest BCUT2D eigenvalue weighted by atomic mass is 19.4. The molecule has 178 valence electrons. The molecule has 9 heteroatoms. The number of fused-ring (bicyclic) bond motifs is 1. The molecule has 1 fully saturated rings. The lowest BCUT2D eigenvalue weighted by Crippen LogP contribution is -2.24. The van der Waals surface area contributed by atoms with Crippen LogP contribution in [0, 0.1) is 6.92 Å². The summed E-state index contributed by atoms with van der Waals surface area (Å²) < 4.78 is 52.3. The van der Waals surface area contributed by atoms with Crippen LogP contribution in [0.2, 0.25) is 0 Å². The van der Waals surface area contributed by atoms with Crippen molar-refractivity contribution < 1.29 is 22.3 Å². The van der Waals surface area contributed by atoms with Crippen molar-refractivity contribution in [3.8, 4) is 34.3 Å². The van der Waals surface area contributed by atoms with E-state index >= 15 is 0 Å². The van der Waals surface area contributed by atoms with Crippen LogP contribution in [0.15, 0.2) is 57.9 Å². The van der Waals surface area contributed by atoms with Crippen LogP contribution in [-0.4, -0.2) is 21.1 Å². The van der Waals surface area contributed by atoms with Crippen LogP contribution in [0.1, 0.15) is 41.1 Å². The van der Waals surface area contributed by atoms with Gasteiger partial charge in [-0.2, -0.15) is 23.1 Å². The first kappa shape index (κ1) is 21.6. The average molecular weight is 479 g/mol. The number of oxazole rings is 1. The maximum absolute atomic E-state index is 13.1. The minimum atomic E-state index is -4.46. The van der Waals surface area contributed by atoms with Gasteiger partial charge in [-0.3, -0.25) is 0 Å². The van der Waals surface area contributed by atoms with Crippen molar-refractivity contribution in [2.24, 2.45) is 0 Å². The molecule has 0 bridgehead atoms. The highest BCUT2D eigenvalue weighted by Gasteiger charge is 2.31. The van der Waals surface area contributed by atoms with Gasteiger partial charge >= 0.3 is 11.9 Å². The Balaban J connectivity index is 1.50. The first-order valence-corrected chi connectivity index (χ1v) is 11.3. The zero-order valence-electron chi connectivity index (χ0n) is 18.7. The van der Waals surface area contributed by atoms with Gasteiger partial charge < -0.3 is 9.15 Å². The number of benzene rings is 2. The lowest BCUT2D eigenvalue weighted by atomic mass is 10.1. The second kappa shape index (κ2) is 7.83. The van der Waals surface area contributed by atoms with Gasteiger partial charge in [-0.25, -0.2) is 9.36 Å². The molecule has 2 aliphatic rings. The molecule has 0 radical (unpaired) electrons. The van der Waals surface area contributed by atoms with E-state index in [1.54, 1.807) is 6.20 Å². The third kappa shape index (κ3) is 3.90. The SMILES string of the molecule is Cc1cn(-c2nc(-c3ccc4c(c3)OCC4)oc2-c2ccc(C(F)(F)F)cc2)c(=O)nc1C1CC1.